The van der Waals surface area contributed by atoms with Gasteiger partial charge in [-0.05, 0) is 45.4 Å². The fourth-order valence-electron chi connectivity index (χ4n) is 2.85. The van der Waals surface area contributed by atoms with E-state index in [1.807, 2.05) is 0 Å². The van der Waals surface area contributed by atoms with Gasteiger partial charge in [0, 0.05) is 6.61 Å². The van der Waals surface area contributed by atoms with Crippen LogP contribution in [-0.2, 0) is 14.3 Å². The highest BCUT2D eigenvalue weighted by atomic mass is 16.5. The Morgan fingerprint density at radius 1 is 1.35 bits per heavy atom. The second-order valence-corrected chi connectivity index (χ2v) is 6.18. The Hall–Kier alpha value is -0.610. The molecule has 4 nitrogen and oxygen atoms in total. The summed E-state index contributed by atoms with van der Waals surface area (Å²) in [5.41, 5.74) is 5.09. The first-order valence-electron chi connectivity index (χ1n) is 8.07. The Kier molecular flexibility index (Phi) is 7.52. The van der Waals surface area contributed by atoms with E-state index >= 15 is 0 Å². The second-order valence-electron chi connectivity index (χ2n) is 6.18. The summed E-state index contributed by atoms with van der Waals surface area (Å²) in [5, 5.41) is 0. The van der Waals surface area contributed by atoms with Gasteiger partial charge in [0.25, 0.3) is 0 Å². The lowest BCUT2D eigenvalue weighted by Gasteiger charge is -2.29. The molecule has 3 atom stereocenters. The molecular weight excluding hydrogens is 254 g/mol. The first-order valence-corrected chi connectivity index (χ1v) is 8.07. The van der Waals surface area contributed by atoms with Crippen LogP contribution < -0.4 is 5.73 Å². The molecular formula is C16H31NO3. The number of carbonyl (C=O) groups is 1. The zero-order chi connectivity index (χ0) is 15.0. The monoisotopic (exact) mass is 285 g/mol. The number of nitrogens with two attached hydrogens (primary N) is 1. The minimum Gasteiger partial charge on any atom is -0.465 e. The van der Waals surface area contributed by atoms with E-state index in [2.05, 4.69) is 6.92 Å². The van der Waals surface area contributed by atoms with Crippen LogP contribution in [0.5, 0.6) is 0 Å². The van der Waals surface area contributed by atoms with Crippen LogP contribution in [0.15, 0.2) is 0 Å². The van der Waals surface area contributed by atoms with Gasteiger partial charge in [-0.3, -0.25) is 4.79 Å². The smallest absolute Gasteiger partial charge is 0.325 e. The molecule has 0 amide bonds. The van der Waals surface area contributed by atoms with Crippen molar-refractivity contribution in [2.75, 3.05) is 13.2 Å². The molecule has 20 heavy (non-hydrogen) atoms. The van der Waals surface area contributed by atoms with E-state index in [4.69, 9.17) is 15.2 Å². The predicted molar refractivity (Wildman–Crippen MR) is 80.4 cm³/mol. The first-order chi connectivity index (χ1) is 9.49. The molecule has 1 aliphatic carbocycles. The molecule has 0 aromatic heterocycles. The molecule has 2 N–H and O–H groups in total. The van der Waals surface area contributed by atoms with Crippen molar-refractivity contribution in [3.8, 4) is 0 Å². The van der Waals surface area contributed by atoms with E-state index in [-0.39, 0.29) is 5.97 Å². The Morgan fingerprint density at radius 3 is 2.75 bits per heavy atom. The van der Waals surface area contributed by atoms with Gasteiger partial charge in [-0.1, -0.05) is 26.2 Å². The quantitative estimate of drug-likeness (QED) is 0.550. The van der Waals surface area contributed by atoms with Crippen molar-refractivity contribution in [2.24, 2.45) is 11.7 Å². The summed E-state index contributed by atoms with van der Waals surface area (Å²) in [4.78, 5) is 11.7. The van der Waals surface area contributed by atoms with Gasteiger partial charge in [-0.15, -0.1) is 0 Å². The summed E-state index contributed by atoms with van der Waals surface area (Å²) in [5.74, 6) is 0.511. The third-order valence-electron chi connectivity index (χ3n) is 4.25. The third-order valence-corrected chi connectivity index (χ3v) is 4.25. The van der Waals surface area contributed by atoms with Gasteiger partial charge >= 0.3 is 5.97 Å². The van der Waals surface area contributed by atoms with Gasteiger partial charge in [0.2, 0.25) is 0 Å². The third kappa shape index (κ3) is 5.80. The van der Waals surface area contributed by atoms with Gasteiger partial charge in [0.1, 0.15) is 5.54 Å². The molecule has 0 aromatic carbocycles. The Labute approximate surface area is 123 Å². The number of carbonyl (C=O) groups excluding carboxylic acids is 1. The van der Waals surface area contributed by atoms with E-state index in [1.165, 1.54) is 32.1 Å². The first kappa shape index (κ1) is 17.4. The molecule has 0 radical (unpaired) electrons. The average Bonchev–Trinajstić information content (AvgIpc) is 2.44. The Morgan fingerprint density at radius 2 is 2.10 bits per heavy atom. The summed E-state index contributed by atoms with van der Waals surface area (Å²) in [7, 11) is 0. The van der Waals surface area contributed by atoms with Gasteiger partial charge in [-0.2, -0.15) is 0 Å². The molecule has 0 bridgehead atoms. The van der Waals surface area contributed by atoms with Crippen LogP contribution in [0, 0.1) is 5.92 Å². The maximum absolute atomic E-state index is 11.7. The molecule has 3 unspecified atom stereocenters. The standard InChI is InChI=1S/C16H31NO3/c1-4-13-8-6-9-14(12-13)20-11-7-10-16(3,17)15(18)19-5-2/h13-14H,4-12,17H2,1-3H3. The minimum absolute atomic E-state index is 0.316. The van der Waals surface area contributed by atoms with Crippen molar-refractivity contribution >= 4 is 5.97 Å². The lowest BCUT2D eigenvalue weighted by molar-refractivity contribution is -0.149. The summed E-state index contributed by atoms with van der Waals surface area (Å²) >= 11 is 0. The topological polar surface area (TPSA) is 61.5 Å². The van der Waals surface area contributed by atoms with E-state index in [9.17, 15) is 4.79 Å². The highest BCUT2D eigenvalue weighted by Gasteiger charge is 2.29. The van der Waals surface area contributed by atoms with Crippen molar-refractivity contribution in [2.45, 2.75) is 77.4 Å². The normalized spacial score (nSPS) is 26.0. The average molecular weight is 285 g/mol. The van der Waals surface area contributed by atoms with E-state index in [0.717, 1.165) is 12.3 Å². The van der Waals surface area contributed by atoms with Crippen LogP contribution in [0.25, 0.3) is 0 Å². The molecule has 0 spiro atoms. The molecule has 0 aromatic rings. The number of hydrogen-bond donors (Lipinski definition) is 1. The molecule has 0 aliphatic heterocycles. The summed E-state index contributed by atoms with van der Waals surface area (Å²) in [6.07, 6.45) is 8.06. The molecule has 1 rings (SSSR count). The summed E-state index contributed by atoms with van der Waals surface area (Å²) in [6.45, 7) is 6.85. The predicted octanol–water partition coefficient (Wildman–Crippen LogP) is 3.03. The van der Waals surface area contributed by atoms with E-state index in [0.29, 0.717) is 25.7 Å². The van der Waals surface area contributed by atoms with Gasteiger partial charge in [0.15, 0.2) is 0 Å². The van der Waals surface area contributed by atoms with Crippen LogP contribution in [0.1, 0.15) is 65.7 Å². The summed E-state index contributed by atoms with van der Waals surface area (Å²) < 4.78 is 10.9. The van der Waals surface area contributed by atoms with Crippen LogP contribution in [0.4, 0.5) is 0 Å². The lowest BCUT2D eigenvalue weighted by Crippen LogP contribution is -2.46. The van der Waals surface area contributed by atoms with Crippen LogP contribution >= 0.6 is 0 Å². The molecule has 0 saturated heterocycles. The lowest BCUT2D eigenvalue weighted by atomic mass is 9.85. The zero-order valence-corrected chi connectivity index (χ0v) is 13.3. The van der Waals surface area contributed by atoms with E-state index in [1.54, 1.807) is 13.8 Å². The molecule has 4 heteroatoms. The van der Waals surface area contributed by atoms with Crippen molar-refractivity contribution in [3.05, 3.63) is 0 Å². The van der Waals surface area contributed by atoms with Crippen molar-refractivity contribution in [1.29, 1.82) is 0 Å². The van der Waals surface area contributed by atoms with Crippen molar-refractivity contribution in [3.63, 3.8) is 0 Å². The highest BCUT2D eigenvalue weighted by molar-refractivity contribution is 5.79. The molecule has 1 fully saturated rings. The van der Waals surface area contributed by atoms with Crippen LogP contribution in [0.2, 0.25) is 0 Å². The molecule has 1 aliphatic rings. The van der Waals surface area contributed by atoms with Crippen LogP contribution in [0.3, 0.4) is 0 Å². The minimum atomic E-state index is -0.891. The van der Waals surface area contributed by atoms with Crippen LogP contribution in [-0.4, -0.2) is 30.8 Å². The fourth-order valence-corrected chi connectivity index (χ4v) is 2.85. The van der Waals surface area contributed by atoms with Gasteiger partial charge < -0.3 is 15.2 Å². The molecule has 0 heterocycles. The number of esters is 1. The Bertz CT molecular complexity index is 291. The maximum Gasteiger partial charge on any atom is 0.325 e. The van der Waals surface area contributed by atoms with Crippen molar-refractivity contribution in [1.82, 2.24) is 0 Å². The Balaban J connectivity index is 2.19. The highest BCUT2D eigenvalue weighted by Crippen LogP contribution is 2.28. The SMILES string of the molecule is CCOC(=O)C(C)(N)CCCOC1CCCC(CC)C1. The maximum atomic E-state index is 11.7. The van der Waals surface area contributed by atoms with Gasteiger partial charge in [0.05, 0.1) is 12.7 Å². The number of ether oxygens (including phenoxy) is 2. The zero-order valence-electron chi connectivity index (χ0n) is 13.3. The summed E-state index contributed by atoms with van der Waals surface area (Å²) in [6, 6.07) is 0. The number of hydrogen-bond acceptors (Lipinski definition) is 4. The van der Waals surface area contributed by atoms with E-state index < -0.39 is 5.54 Å². The molecule has 118 valence electrons. The molecule has 1 saturated carbocycles. The fraction of sp³-hybridized carbons (Fsp3) is 0.938. The largest absolute Gasteiger partial charge is 0.465 e. The second kappa shape index (κ2) is 8.63. The van der Waals surface area contributed by atoms with Crippen molar-refractivity contribution < 1.29 is 14.3 Å². The number of rotatable bonds is 8. The van der Waals surface area contributed by atoms with Gasteiger partial charge in [-0.25, -0.2) is 0 Å².